The number of amides is 1. The van der Waals surface area contributed by atoms with Gasteiger partial charge >= 0.3 is 18.0 Å². The molecular formula is C29H29F8NO6S2. The third-order valence-electron chi connectivity index (χ3n) is 8.85. The van der Waals surface area contributed by atoms with Crippen LogP contribution in [0.3, 0.4) is 0 Å². The fourth-order valence-corrected chi connectivity index (χ4v) is 9.76. The molecule has 2 aromatic carbocycles. The van der Waals surface area contributed by atoms with Crippen LogP contribution in [0.1, 0.15) is 50.2 Å². The van der Waals surface area contributed by atoms with E-state index >= 15 is 0 Å². The van der Waals surface area contributed by atoms with Crippen molar-refractivity contribution in [2.24, 2.45) is 5.41 Å². The lowest BCUT2D eigenvalue weighted by atomic mass is 9.75. The summed E-state index contributed by atoms with van der Waals surface area (Å²) in [5.41, 5.74) is -9.83. The minimum absolute atomic E-state index is 0.0799. The van der Waals surface area contributed by atoms with Crippen molar-refractivity contribution in [2.75, 3.05) is 24.6 Å². The Morgan fingerprint density at radius 3 is 1.85 bits per heavy atom. The molecule has 2 aromatic rings. The average Bonchev–Trinajstić information content (AvgIpc) is 3.43. The summed E-state index contributed by atoms with van der Waals surface area (Å²) in [6.07, 6.45) is -13.8. The molecule has 2 heterocycles. The highest BCUT2D eigenvalue weighted by Crippen LogP contribution is 2.54. The number of sulfone groups is 2. The zero-order valence-electron chi connectivity index (χ0n) is 24.2. The van der Waals surface area contributed by atoms with Crippen molar-refractivity contribution in [3.63, 3.8) is 0 Å². The van der Waals surface area contributed by atoms with Gasteiger partial charge in [0.05, 0.1) is 16.4 Å². The van der Waals surface area contributed by atoms with Gasteiger partial charge in [-0.2, -0.15) is 26.3 Å². The van der Waals surface area contributed by atoms with Crippen LogP contribution < -0.4 is 0 Å². The van der Waals surface area contributed by atoms with Gasteiger partial charge < -0.3 is 4.90 Å². The lowest BCUT2D eigenvalue weighted by Gasteiger charge is -2.38. The molecule has 2 saturated heterocycles. The van der Waals surface area contributed by atoms with Gasteiger partial charge in [-0.25, -0.2) is 25.6 Å². The molecule has 0 bridgehead atoms. The summed E-state index contributed by atoms with van der Waals surface area (Å²) in [5.74, 6) is -3.18. The standard InChI is InChI=1S/C29H29F8NO6S2/c1-2-3-23(39)25(13-16-45(41,42)17-14-25)24(40)38-15-12-26(18-38,46(43,44)22-10-8-21(30)9-11-22)19-4-6-20(7-5-19)27(31,28(32,33)34)29(35,36)37/h4-11H,2-3,12-18H2,1H3/t26-/m0/s1. The molecule has 46 heavy (non-hydrogen) atoms. The van der Waals surface area contributed by atoms with Crippen LogP contribution >= 0.6 is 0 Å². The Hall–Kier alpha value is -3.08. The first kappa shape index (κ1) is 35.8. The number of benzene rings is 2. The summed E-state index contributed by atoms with van der Waals surface area (Å²) in [4.78, 5) is 27.9. The van der Waals surface area contributed by atoms with E-state index in [1.807, 2.05) is 0 Å². The third kappa shape index (κ3) is 5.81. The normalized spacial score (nSPS) is 22.1. The Morgan fingerprint density at radius 2 is 1.37 bits per heavy atom. The van der Waals surface area contributed by atoms with Crippen LogP contribution in [0.5, 0.6) is 0 Å². The average molecular weight is 704 g/mol. The fourth-order valence-electron chi connectivity index (χ4n) is 6.16. The Kier molecular flexibility index (Phi) is 9.22. The summed E-state index contributed by atoms with van der Waals surface area (Å²) in [5, 5.41) is 0. The minimum atomic E-state index is -6.42. The van der Waals surface area contributed by atoms with Crippen molar-refractivity contribution >= 4 is 31.4 Å². The number of hydrogen-bond donors (Lipinski definition) is 0. The largest absolute Gasteiger partial charge is 0.435 e. The molecule has 2 aliphatic rings. The van der Waals surface area contributed by atoms with E-state index in [1.165, 1.54) is 0 Å². The van der Waals surface area contributed by atoms with Crippen molar-refractivity contribution < 1.29 is 61.5 Å². The predicted molar refractivity (Wildman–Crippen MR) is 148 cm³/mol. The SMILES string of the molecule is CCCC(=O)C1(C(=O)N2CC[C@](c3ccc(C(F)(C(F)(F)F)C(F)(F)F)cc3)(S(=O)(=O)c3ccc(F)cc3)C2)CCS(=O)(=O)CC1. The molecule has 2 aliphatic heterocycles. The lowest BCUT2D eigenvalue weighted by molar-refractivity contribution is -0.348. The van der Waals surface area contributed by atoms with E-state index in [-0.39, 0.29) is 43.5 Å². The van der Waals surface area contributed by atoms with Gasteiger partial charge in [-0.15, -0.1) is 0 Å². The van der Waals surface area contributed by atoms with Gasteiger partial charge in [0.1, 0.15) is 31.6 Å². The Labute approximate surface area is 259 Å². The lowest BCUT2D eigenvalue weighted by Crippen LogP contribution is -2.53. The number of alkyl halides is 7. The second-order valence-corrected chi connectivity index (χ2v) is 16.1. The number of ketones is 1. The van der Waals surface area contributed by atoms with Crippen LogP contribution in [0.2, 0.25) is 0 Å². The molecule has 0 radical (unpaired) electrons. The van der Waals surface area contributed by atoms with Crippen LogP contribution in [-0.2, 0) is 39.7 Å². The van der Waals surface area contributed by atoms with Crippen LogP contribution in [0.4, 0.5) is 35.1 Å². The molecular weight excluding hydrogens is 674 g/mol. The monoisotopic (exact) mass is 703 g/mol. The molecule has 4 rings (SSSR count). The van der Waals surface area contributed by atoms with Gasteiger partial charge in [0.2, 0.25) is 5.91 Å². The first-order chi connectivity index (χ1) is 21.1. The quantitative estimate of drug-likeness (QED) is 0.202. The second kappa shape index (κ2) is 11.9. The molecule has 1 amide bonds. The molecule has 1 atom stereocenters. The summed E-state index contributed by atoms with van der Waals surface area (Å²) >= 11 is 0. The van der Waals surface area contributed by atoms with Gasteiger partial charge in [0.15, 0.2) is 9.84 Å². The van der Waals surface area contributed by atoms with Crippen molar-refractivity contribution in [2.45, 2.75) is 66.7 Å². The number of nitrogens with zero attached hydrogens (tertiary/aromatic N) is 1. The van der Waals surface area contributed by atoms with Crippen LogP contribution in [-0.4, -0.2) is 70.4 Å². The van der Waals surface area contributed by atoms with Crippen molar-refractivity contribution in [3.8, 4) is 0 Å². The van der Waals surface area contributed by atoms with Gasteiger partial charge in [-0.05, 0) is 55.5 Å². The van der Waals surface area contributed by atoms with Gasteiger partial charge in [0.25, 0.3) is 0 Å². The number of carbonyl (C=O) groups is 2. The summed E-state index contributed by atoms with van der Waals surface area (Å²) in [7, 11) is -8.29. The molecule has 0 N–H and O–H groups in total. The van der Waals surface area contributed by atoms with Crippen LogP contribution in [0, 0.1) is 11.2 Å². The minimum Gasteiger partial charge on any atom is -0.340 e. The third-order valence-corrected chi connectivity index (χ3v) is 13.0. The molecule has 2 fully saturated rings. The molecule has 0 unspecified atom stereocenters. The highest BCUT2D eigenvalue weighted by Gasteiger charge is 2.73. The van der Waals surface area contributed by atoms with E-state index in [1.54, 1.807) is 6.92 Å². The van der Waals surface area contributed by atoms with Crippen molar-refractivity contribution in [1.29, 1.82) is 0 Å². The predicted octanol–water partition coefficient (Wildman–Crippen LogP) is 5.58. The first-order valence-electron chi connectivity index (χ1n) is 14.0. The maximum absolute atomic E-state index is 14.8. The number of likely N-dealkylation sites (tertiary alicyclic amines) is 1. The Bertz CT molecular complexity index is 1680. The number of Topliss-reactive ketones (excluding diaryl/α,β-unsaturated/α-hetero) is 1. The van der Waals surface area contributed by atoms with E-state index in [4.69, 9.17) is 0 Å². The summed E-state index contributed by atoms with van der Waals surface area (Å²) < 4.78 is 159. The molecule has 254 valence electrons. The van der Waals surface area contributed by atoms with Crippen LogP contribution in [0.25, 0.3) is 0 Å². The number of hydrogen-bond acceptors (Lipinski definition) is 6. The number of halogens is 8. The van der Waals surface area contributed by atoms with Crippen LogP contribution in [0.15, 0.2) is 53.4 Å². The highest BCUT2D eigenvalue weighted by molar-refractivity contribution is 7.92. The van der Waals surface area contributed by atoms with E-state index in [0.717, 1.165) is 29.2 Å². The first-order valence-corrected chi connectivity index (χ1v) is 17.4. The molecule has 0 spiro atoms. The fraction of sp³-hybridized carbons (Fsp3) is 0.517. The zero-order valence-corrected chi connectivity index (χ0v) is 25.9. The van der Waals surface area contributed by atoms with E-state index in [2.05, 4.69) is 0 Å². The van der Waals surface area contributed by atoms with Gasteiger partial charge in [-0.1, -0.05) is 31.2 Å². The maximum atomic E-state index is 14.8. The molecule has 0 saturated carbocycles. The van der Waals surface area contributed by atoms with Gasteiger partial charge in [-0.3, -0.25) is 9.59 Å². The second-order valence-electron chi connectivity index (χ2n) is 11.6. The van der Waals surface area contributed by atoms with E-state index in [0.29, 0.717) is 18.6 Å². The van der Waals surface area contributed by atoms with Gasteiger partial charge in [0, 0.05) is 25.1 Å². The van der Waals surface area contributed by atoms with E-state index < -0.39 is 100 Å². The summed E-state index contributed by atoms with van der Waals surface area (Å²) in [6, 6.07) is 4.94. The van der Waals surface area contributed by atoms with Crippen molar-refractivity contribution in [3.05, 3.63) is 65.5 Å². The molecule has 7 nitrogen and oxygen atoms in total. The van der Waals surface area contributed by atoms with Crippen molar-refractivity contribution in [1.82, 2.24) is 4.90 Å². The number of rotatable bonds is 8. The molecule has 0 aliphatic carbocycles. The molecule has 0 aromatic heterocycles. The Balaban J connectivity index is 1.84. The number of carbonyl (C=O) groups excluding carboxylic acids is 2. The Morgan fingerprint density at radius 1 is 0.848 bits per heavy atom. The topological polar surface area (TPSA) is 106 Å². The zero-order chi connectivity index (χ0) is 34.6. The smallest absolute Gasteiger partial charge is 0.340 e. The summed E-state index contributed by atoms with van der Waals surface area (Å²) in [6.45, 7) is 0.574. The molecule has 17 heteroatoms. The highest BCUT2D eigenvalue weighted by atomic mass is 32.2. The van der Waals surface area contributed by atoms with E-state index in [9.17, 15) is 61.5 Å². The maximum Gasteiger partial charge on any atom is 0.435 e.